The van der Waals surface area contributed by atoms with Crippen LogP contribution in [-0.2, 0) is 11.2 Å². The third-order valence-corrected chi connectivity index (χ3v) is 7.93. The molecule has 5 nitrogen and oxygen atoms in total. The van der Waals surface area contributed by atoms with E-state index in [1.807, 2.05) is 42.5 Å². The number of aromatic nitrogens is 3. The number of hydrogen-bond acceptors (Lipinski definition) is 6. The molecular weight excluding hydrogens is 456 g/mol. The first-order valence-electron chi connectivity index (χ1n) is 10.5. The Kier molecular flexibility index (Phi) is 6.61. The van der Waals surface area contributed by atoms with Crippen molar-refractivity contribution in [3.05, 3.63) is 82.8 Å². The Balaban J connectivity index is 1.24. The predicted octanol–water partition coefficient (Wildman–Crippen LogP) is 6.15. The van der Waals surface area contributed by atoms with Crippen LogP contribution in [0.2, 0.25) is 0 Å². The lowest BCUT2D eigenvalue weighted by Gasteiger charge is -2.11. The van der Waals surface area contributed by atoms with Gasteiger partial charge in [0, 0.05) is 27.1 Å². The quantitative estimate of drug-likeness (QED) is 0.293. The number of benzene rings is 2. The molecular formula is C24H22N4OS3. The molecule has 1 aliphatic rings. The molecule has 2 aromatic heterocycles. The average Bonchev–Trinajstić information content (AvgIpc) is 3.36. The summed E-state index contributed by atoms with van der Waals surface area (Å²) >= 11 is 4.84. The number of anilines is 1. The van der Waals surface area contributed by atoms with E-state index in [1.54, 1.807) is 23.1 Å². The number of carbonyl (C=O) groups excluding carboxylic acids is 1. The molecule has 2 heterocycles. The molecule has 162 valence electrons. The maximum absolute atomic E-state index is 12.8. The summed E-state index contributed by atoms with van der Waals surface area (Å²) in [4.78, 5) is 16.2. The maximum atomic E-state index is 12.8. The Labute approximate surface area is 199 Å². The molecule has 0 bridgehead atoms. The summed E-state index contributed by atoms with van der Waals surface area (Å²) < 4.78 is 2.23. The minimum absolute atomic E-state index is 0.0405. The van der Waals surface area contributed by atoms with Gasteiger partial charge in [-0.1, -0.05) is 59.9 Å². The molecule has 0 saturated heterocycles. The second-order valence-corrected chi connectivity index (χ2v) is 10.6. The number of hydrogen-bond donors (Lipinski definition) is 1. The van der Waals surface area contributed by atoms with Crippen LogP contribution in [0.5, 0.6) is 0 Å². The van der Waals surface area contributed by atoms with Gasteiger partial charge in [0.2, 0.25) is 5.91 Å². The summed E-state index contributed by atoms with van der Waals surface area (Å²) in [6.07, 6.45) is 3.09. The molecule has 1 N–H and O–H groups in total. The largest absolute Gasteiger partial charge is 0.324 e. The highest BCUT2D eigenvalue weighted by Gasteiger charge is 2.30. The van der Waals surface area contributed by atoms with E-state index in [2.05, 4.69) is 49.7 Å². The normalized spacial score (nSPS) is 13.2. The highest BCUT2D eigenvalue weighted by Crippen LogP contribution is 2.39. The summed E-state index contributed by atoms with van der Waals surface area (Å²) in [5.41, 5.74) is 0.828. The van der Waals surface area contributed by atoms with Gasteiger partial charge >= 0.3 is 0 Å². The minimum Gasteiger partial charge on any atom is -0.324 e. The highest BCUT2D eigenvalue weighted by molar-refractivity contribution is 8.00. The van der Waals surface area contributed by atoms with E-state index in [9.17, 15) is 4.79 Å². The zero-order valence-electron chi connectivity index (χ0n) is 17.3. The van der Waals surface area contributed by atoms with E-state index in [1.165, 1.54) is 16.6 Å². The molecule has 4 aromatic rings. The predicted molar refractivity (Wildman–Crippen MR) is 132 cm³/mol. The number of thioether (sulfide) groups is 1. The molecule has 2 aromatic carbocycles. The fraction of sp³-hybridized carbons (Fsp3) is 0.208. The topological polar surface area (TPSA) is 59.8 Å². The van der Waals surface area contributed by atoms with Crippen molar-refractivity contribution in [2.24, 2.45) is 0 Å². The Morgan fingerprint density at radius 3 is 2.62 bits per heavy atom. The zero-order valence-corrected chi connectivity index (χ0v) is 19.8. The molecule has 1 saturated carbocycles. The van der Waals surface area contributed by atoms with E-state index in [4.69, 9.17) is 0 Å². The van der Waals surface area contributed by atoms with Crippen molar-refractivity contribution < 1.29 is 4.79 Å². The maximum Gasteiger partial charge on any atom is 0.234 e. The van der Waals surface area contributed by atoms with E-state index in [-0.39, 0.29) is 5.91 Å². The minimum atomic E-state index is -0.0405. The van der Waals surface area contributed by atoms with Crippen LogP contribution in [0.4, 0.5) is 5.69 Å². The lowest BCUT2D eigenvalue weighted by atomic mass is 10.3. The third-order valence-electron chi connectivity index (χ3n) is 5.02. The summed E-state index contributed by atoms with van der Waals surface area (Å²) in [5, 5.41) is 14.8. The van der Waals surface area contributed by atoms with Gasteiger partial charge in [0.1, 0.15) is 5.82 Å². The van der Waals surface area contributed by atoms with Gasteiger partial charge in [-0.25, -0.2) is 0 Å². The Morgan fingerprint density at radius 2 is 1.84 bits per heavy atom. The monoisotopic (exact) mass is 478 g/mol. The van der Waals surface area contributed by atoms with Crippen molar-refractivity contribution in [3.63, 3.8) is 0 Å². The second-order valence-electron chi connectivity index (χ2n) is 7.50. The van der Waals surface area contributed by atoms with E-state index >= 15 is 0 Å². The van der Waals surface area contributed by atoms with Gasteiger partial charge in [0.15, 0.2) is 5.16 Å². The van der Waals surface area contributed by atoms with Gasteiger partial charge in [-0.3, -0.25) is 4.79 Å². The van der Waals surface area contributed by atoms with Crippen LogP contribution < -0.4 is 5.32 Å². The summed E-state index contributed by atoms with van der Waals surface area (Å²) in [6.45, 7) is 0. The fourth-order valence-corrected chi connectivity index (χ4v) is 5.83. The Bertz CT molecular complexity index is 1190. The van der Waals surface area contributed by atoms with Crippen molar-refractivity contribution in [1.29, 1.82) is 0 Å². The molecule has 0 radical (unpaired) electrons. The number of thiophene rings is 1. The van der Waals surface area contributed by atoms with Gasteiger partial charge in [0.25, 0.3) is 0 Å². The first-order chi connectivity index (χ1) is 15.8. The molecule has 1 fully saturated rings. The number of nitrogens with zero attached hydrogens (tertiary/aromatic N) is 3. The summed E-state index contributed by atoms with van der Waals surface area (Å²) in [6, 6.07) is 22.7. The molecule has 8 heteroatoms. The lowest BCUT2D eigenvalue weighted by Crippen LogP contribution is -2.15. The average molecular weight is 479 g/mol. The van der Waals surface area contributed by atoms with E-state index < -0.39 is 0 Å². The van der Waals surface area contributed by atoms with Crippen molar-refractivity contribution in [2.45, 2.75) is 40.3 Å². The number of nitrogens with one attached hydrogen (secondary N) is 1. The van der Waals surface area contributed by atoms with Crippen molar-refractivity contribution in [2.75, 3.05) is 11.1 Å². The number of carbonyl (C=O) groups is 1. The number of rotatable bonds is 9. The first-order valence-corrected chi connectivity index (χ1v) is 13.1. The van der Waals surface area contributed by atoms with Gasteiger partial charge in [-0.15, -0.1) is 21.5 Å². The van der Waals surface area contributed by atoms with Crippen LogP contribution in [0, 0.1) is 0 Å². The second kappa shape index (κ2) is 9.94. The lowest BCUT2D eigenvalue weighted by molar-refractivity contribution is -0.113. The Morgan fingerprint density at radius 1 is 1.03 bits per heavy atom. The number of para-hydroxylation sites is 1. The Hall–Kier alpha value is -2.55. The standard InChI is InChI=1S/C24H22N4OS3/c29-23(25-20-10-4-5-11-21(20)32-18-7-2-1-3-8-18)16-31-24-27-26-22(28(24)17-12-13-17)15-19-9-6-14-30-19/h1-11,14,17H,12-13,15-16H2,(H,25,29). The zero-order chi connectivity index (χ0) is 21.8. The van der Waals surface area contributed by atoms with Crippen molar-refractivity contribution in [3.8, 4) is 0 Å². The van der Waals surface area contributed by atoms with E-state index in [0.29, 0.717) is 11.8 Å². The van der Waals surface area contributed by atoms with Gasteiger partial charge < -0.3 is 9.88 Å². The first kappa shape index (κ1) is 21.3. The molecule has 1 amide bonds. The van der Waals surface area contributed by atoms with Crippen LogP contribution in [0.3, 0.4) is 0 Å². The van der Waals surface area contributed by atoms with Crippen LogP contribution in [-0.4, -0.2) is 26.4 Å². The molecule has 5 rings (SSSR count). The highest BCUT2D eigenvalue weighted by atomic mass is 32.2. The number of amides is 1. The molecule has 0 spiro atoms. The van der Waals surface area contributed by atoms with Crippen molar-refractivity contribution in [1.82, 2.24) is 14.8 Å². The molecule has 0 unspecified atom stereocenters. The SMILES string of the molecule is O=C(CSc1nnc(Cc2cccs2)n1C1CC1)Nc1ccccc1Sc1ccccc1. The third kappa shape index (κ3) is 5.26. The summed E-state index contributed by atoms with van der Waals surface area (Å²) in [7, 11) is 0. The molecule has 1 aliphatic carbocycles. The van der Waals surface area contributed by atoms with E-state index in [0.717, 1.165) is 45.7 Å². The summed E-state index contributed by atoms with van der Waals surface area (Å²) in [5.74, 6) is 1.25. The molecule has 0 aliphatic heterocycles. The van der Waals surface area contributed by atoms with Crippen LogP contribution in [0.1, 0.15) is 29.6 Å². The molecule has 32 heavy (non-hydrogen) atoms. The van der Waals surface area contributed by atoms with Crippen LogP contribution in [0.25, 0.3) is 0 Å². The van der Waals surface area contributed by atoms with Gasteiger partial charge in [-0.2, -0.15) is 0 Å². The van der Waals surface area contributed by atoms with Gasteiger partial charge in [-0.05, 0) is 48.6 Å². The van der Waals surface area contributed by atoms with Gasteiger partial charge in [0.05, 0.1) is 11.4 Å². The van der Waals surface area contributed by atoms with Crippen LogP contribution >= 0.6 is 34.9 Å². The van der Waals surface area contributed by atoms with Crippen LogP contribution in [0.15, 0.2) is 87.1 Å². The smallest absolute Gasteiger partial charge is 0.234 e. The van der Waals surface area contributed by atoms with Crippen molar-refractivity contribution >= 4 is 46.5 Å². The fourth-order valence-electron chi connectivity index (χ4n) is 3.39. The molecule has 0 atom stereocenters.